The molecule has 7 heteroatoms. The molecule has 3 heterocycles. The minimum Gasteiger partial charge on any atom is -0.301 e. The Bertz CT molecular complexity index is 763. The van der Waals surface area contributed by atoms with Gasteiger partial charge in [-0.2, -0.15) is 5.10 Å². The van der Waals surface area contributed by atoms with Gasteiger partial charge >= 0.3 is 0 Å². The van der Waals surface area contributed by atoms with Crippen LogP contribution in [0.25, 0.3) is 0 Å². The van der Waals surface area contributed by atoms with Crippen molar-refractivity contribution in [1.29, 1.82) is 0 Å². The minimum atomic E-state index is -0.244. The van der Waals surface area contributed by atoms with Crippen LogP contribution in [0.2, 0.25) is 0 Å². The van der Waals surface area contributed by atoms with Gasteiger partial charge in [0.2, 0.25) is 5.91 Å². The number of nitrogens with one attached hydrogen (secondary N) is 1. The minimum absolute atomic E-state index is 0.0207. The first kappa shape index (κ1) is 17.1. The van der Waals surface area contributed by atoms with E-state index in [1.54, 1.807) is 11.3 Å². The Balaban J connectivity index is 1.74. The number of thiazole rings is 1. The van der Waals surface area contributed by atoms with Gasteiger partial charge in [-0.25, -0.2) is 4.98 Å². The highest BCUT2D eigenvalue weighted by Crippen LogP contribution is 2.30. The zero-order chi connectivity index (χ0) is 17.4. The van der Waals surface area contributed by atoms with Crippen molar-refractivity contribution in [3.8, 4) is 0 Å². The monoisotopic (exact) mass is 347 g/mol. The molecule has 0 radical (unpaired) electrons. The summed E-state index contributed by atoms with van der Waals surface area (Å²) in [5, 5.41) is 8.13. The van der Waals surface area contributed by atoms with Crippen LogP contribution in [0.15, 0.2) is 0 Å². The van der Waals surface area contributed by atoms with E-state index in [2.05, 4.69) is 27.2 Å². The fourth-order valence-electron chi connectivity index (χ4n) is 3.33. The second-order valence-corrected chi connectivity index (χ2v) is 7.51. The molecular formula is C17H25N5OS. The van der Waals surface area contributed by atoms with E-state index in [4.69, 9.17) is 0 Å². The molecule has 0 fully saturated rings. The van der Waals surface area contributed by atoms with Gasteiger partial charge in [0.1, 0.15) is 0 Å². The number of aryl methyl sites for hydroxylation is 2. The number of fused-ring (bicyclic) bond motifs is 1. The van der Waals surface area contributed by atoms with Crippen molar-refractivity contribution in [2.24, 2.45) is 7.05 Å². The number of hydrogen-bond donors (Lipinski definition) is 1. The summed E-state index contributed by atoms with van der Waals surface area (Å²) in [6.45, 7) is 11.1. The number of rotatable bonds is 4. The average molecular weight is 347 g/mol. The number of carbonyl (C=O) groups excluding carboxylic acids is 1. The molecule has 2 aromatic rings. The van der Waals surface area contributed by atoms with Gasteiger partial charge in [-0.3, -0.25) is 14.4 Å². The van der Waals surface area contributed by atoms with Gasteiger partial charge in [0, 0.05) is 42.7 Å². The molecule has 3 rings (SSSR count). The van der Waals surface area contributed by atoms with E-state index in [0.29, 0.717) is 5.13 Å². The van der Waals surface area contributed by atoms with Crippen molar-refractivity contribution in [2.45, 2.75) is 46.6 Å². The van der Waals surface area contributed by atoms with Crippen molar-refractivity contribution in [3.05, 3.63) is 27.5 Å². The summed E-state index contributed by atoms with van der Waals surface area (Å²) in [5.41, 5.74) is 4.09. The maximum Gasteiger partial charge on any atom is 0.233 e. The highest BCUT2D eigenvalue weighted by molar-refractivity contribution is 7.15. The van der Waals surface area contributed by atoms with Crippen LogP contribution in [-0.2, 0) is 24.8 Å². The molecule has 0 saturated carbocycles. The molecule has 1 aliphatic heterocycles. The third-order valence-electron chi connectivity index (χ3n) is 4.88. The number of aromatic nitrogens is 3. The van der Waals surface area contributed by atoms with Crippen LogP contribution in [0.5, 0.6) is 0 Å². The first-order chi connectivity index (χ1) is 11.4. The molecule has 1 amide bonds. The number of anilines is 1. The Kier molecular flexibility index (Phi) is 4.73. The molecule has 0 spiro atoms. The number of nitrogens with zero attached hydrogens (tertiary/aromatic N) is 4. The normalized spacial score (nSPS) is 16.0. The molecule has 0 aromatic carbocycles. The molecule has 1 aliphatic rings. The van der Waals surface area contributed by atoms with Gasteiger partial charge in [-0.1, -0.05) is 6.92 Å². The summed E-state index contributed by atoms with van der Waals surface area (Å²) in [6.07, 6.45) is 0.964. The van der Waals surface area contributed by atoms with Crippen LogP contribution in [0.4, 0.5) is 5.13 Å². The summed E-state index contributed by atoms with van der Waals surface area (Å²) in [5.74, 6) is -0.264. The van der Waals surface area contributed by atoms with E-state index in [9.17, 15) is 4.79 Å². The number of hydrogen-bond acceptors (Lipinski definition) is 5. The third-order valence-corrected chi connectivity index (χ3v) is 5.88. The molecule has 0 saturated heterocycles. The van der Waals surface area contributed by atoms with Crippen molar-refractivity contribution in [2.75, 3.05) is 18.4 Å². The summed E-state index contributed by atoms with van der Waals surface area (Å²) < 4.78 is 1.83. The van der Waals surface area contributed by atoms with Crippen molar-refractivity contribution in [1.82, 2.24) is 19.7 Å². The summed E-state index contributed by atoms with van der Waals surface area (Å²) in [7, 11) is 1.91. The van der Waals surface area contributed by atoms with E-state index in [1.165, 1.54) is 4.88 Å². The summed E-state index contributed by atoms with van der Waals surface area (Å²) >= 11 is 1.60. The zero-order valence-corrected chi connectivity index (χ0v) is 15.8. The topological polar surface area (TPSA) is 63.1 Å². The Hall–Kier alpha value is -1.73. The molecular weight excluding hydrogens is 322 g/mol. The highest BCUT2D eigenvalue weighted by Gasteiger charge is 2.25. The molecule has 0 bridgehead atoms. The van der Waals surface area contributed by atoms with Gasteiger partial charge in [0.25, 0.3) is 0 Å². The van der Waals surface area contributed by atoms with Crippen molar-refractivity contribution >= 4 is 22.4 Å². The molecule has 1 atom stereocenters. The van der Waals surface area contributed by atoms with Gasteiger partial charge in [-0.05, 0) is 27.3 Å². The number of likely N-dealkylation sites (N-methyl/N-ethyl adjacent to an activating group) is 1. The van der Waals surface area contributed by atoms with Crippen LogP contribution in [0, 0.1) is 13.8 Å². The third kappa shape index (κ3) is 3.10. The smallest absolute Gasteiger partial charge is 0.233 e. The largest absolute Gasteiger partial charge is 0.301 e. The molecule has 0 aliphatic carbocycles. The second kappa shape index (κ2) is 6.64. The fourth-order valence-corrected chi connectivity index (χ4v) is 4.39. The molecule has 1 N–H and O–H groups in total. The van der Waals surface area contributed by atoms with E-state index in [0.717, 1.165) is 48.7 Å². The van der Waals surface area contributed by atoms with Crippen LogP contribution in [0.3, 0.4) is 0 Å². The van der Waals surface area contributed by atoms with Crippen LogP contribution in [-0.4, -0.2) is 38.7 Å². The lowest BCUT2D eigenvalue weighted by Gasteiger charge is -2.23. The Labute approximate surface area is 146 Å². The first-order valence-electron chi connectivity index (χ1n) is 8.42. The van der Waals surface area contributed by atoms with Crippen LogP contribution in [0.1, 0.15) is 47.3 Å². The van der Waals surface area contributed by atoms with E-state index in [-0.39, 0.29) is 11.8 Å². The van der Waals surface area contributed by atoms with Crippen LogP contribution < -0.4 is 5.32 Å². The summed E-state index contributed by atoms with van der Waals surface area (Å²) in [6, 6.07) is 0. The molecule has 24 heavy (non-hydrogen) atoms. The Morgan fingerprint density at radius 2 is 2.17 bits per heavy atom. The SMILES string of the molecule is CCN1CCc2nc(NC(=O)[C@H](C)c3c(C)nn(C)c3C)sc2C1. The van der Waals surface area contributed by atoms with Crippen LogP contribution >= 0.6 is 11.3 Å². The van der Waals surface area contributed by atoms with Gasteiger partial charge < -0.3 is 5.32 Å². The lowest BCUT2D eigenvalue weighted by molar-refractivity contribution is -0.117. The lowest BCUT2D eigenvalue weighted by Crippen LogP contribution is -2.29. The average Bonchev–Trinajstić information content (AvgIpc) is 3.06. The molecule has 2 aromatic heterocycles. The van der Waals surface area contributed by atoms with E-state index >= 15 is 0 Å². The quantitative estimate of drug-likeness (QED) is 0.923. The first-order valence-corrected chi connectivity index (χ1v) is 9.24. The second-order valence-electron chi connectivity index (χ2n) is 6.43. The van der Waals surface area contributed by atoms with Gasteiger partial charge in [0.15, 0.2) is 5.13 Å². The standard InChI is InChI=1S/C17H25N5OS/c1-6-22-8-7-13-14(9-22)24-17(18-13)19-16(23)10(2)15-11(3)20-21(5)12(15)4/h10H,6-9H2,1-5H3,(H,18,19,23)/t10-/m1/s1. The molecule has 6 nitrogen and oxygen atoms in total. The maximum atomic E-state index is 12.7. The van der Waals surface area contributed by atoms with E-state index < -0.39 is 0 Å². The Morgan fingerprint density at radius 3 is 2.79 bits per heavy atom. The molecule has 130 valence electrons. The predicted octanol–water partition coefficient (Wildman–Crippen LogP) is 2.61. The predicted molar refractivity (Wildman–Crippen MR) is 96.5 cm³/mol. The van der Waals surface area contributed by atoms with Gasteiger partial charge in [-0.15, -0.1) is 11.3 Å². The van der Waals surface area contributed by atoms with Gasteiger partial charge in [0.05, 0.1) is 17.3 Å². The fraction of sp³-hybridized carbons (Fsp3) is 0.588. The number of amides is 1. The Morgan fingerprint density at radius 1 is 1.42 bits per heavy atom. The maximum absolute atomic E-state index is 12.7. The lowest BCUT2D eigenvalue weighted by atomic mass is 9.98. The van der Waals surface area contributed by atoms with Crippen molar-refractivity contribution < 1.29 is 4.79 Å². The van der Waals surface area contributed by atoms with E-state index in [1.807, 2.05) is 32.5 Å². The highest BCUT2D eigenvalue weighted by atomic mass is 32.1. The molecule has 0 unspecified atom stereocenters. The number of carbonyl (C=O) groups is 1. The summed E-state index contributed by atoms with van der Waals surface area (Å²) in [4.78, 5) is 21.0. The van der Waals surface area contributed by atoms with Crippen molar-refractivity contribution in [3.63, 3.8) is 0 Å². The zero-order valence-electron chi connectivity index (χ0n) is 15.0.